The number of aromatic nitrogens is 3. The van der Waals surface area contributed by atoms with Crippen LogP contribution in [0.25, 0.3) is 5.65 Å². The second kappa shape index (κ2) is 6.41. The maximum absolute atomic E-state index is 12.6. The summed E-state index contributed by atoms with van der Waals surface area (Å²) in [7, 11) is 1.37. The number of H-pyrrole nitrogens is 1. The molecule has 8 heteroatoms. The van der Waals surface area contributed by atoms with Gasteiger partial charge in [0, 0.05) is 30.9 Å². The first-order chi connectivity index (χ1) is 11.2. The van der Waals surface area contributed by atoms with Crippen LogP contribution in [0, 0.1) is 0 Å². The lowest BCUT2D eigenvalue weighted by Crippen LogP contribution is -2.26. The van der Waals surface area contributed by atoms with Crippen LogP contribution >= 0.6 is 0 Å². The quantitative estimate of drug-likeness (QED) is 0.847. The standard InChI is InChI=1S/C15H19N3O5/c1-3-23-15(20)12-13(21-2)16-11-8-10(17-18(11)14(12)19)9-4-6-22-7-5-9/h8-9,17H,3-7H2,1-2H3. The van der Waals surface area contributed by atoms with Crippen LogP contribution in [0.3, 0.4) is 0 Å². The molecule has 0 spiro atoms. The third-order valence-corrected chi connectivity index (χ3v) is 3.94. The molecule has 1 aliphatic rings. The van der Waals surface area contributed by atoms with Crippen molar-refractivity contribution in [1.29, 1.82) is 0 Å². The lowest BCUT2D eigenvalue weighted by Gasteiger charge is -2.20. The minimum Gasteiger partial charge on any atom is -0.480 e. The van der Waals surface area contributed by atoms with Crippen LogP contribution in [0.2, 0.25) is 0 Å². The SMILES string of the molecule is CCOC(=O)c1c(OC)nc2cc(C3CCOCC3)[nH]n2c1=O. The van der Waals surface area contributed by atoms with Crippen molar-refractivity contribution in [2.75, 3.05) is 26.9 Å². The molecule has 1 fully saturated rings. The van der Waals surface area contributed by atoms with Crippen molar-refractivity contribution >= 4 is 11.6 Å². The zero-order valence-electron chi connectivity index (χ0n) is 13.1. The molecule has 1 N–H and O–H groups in total. The summed E-state index contributed by atoms with van der Waals surface area (Å²) in [6.45, 7) is 3.23. The monoisotopic (exact) mass is 321 g/mol. The van der Waals surface area contributed by atoms with E-state index in [2.05, 4.69) is 10.1 Å². The van der Waals surface area contributed by atoms with Crippen LogP contribution in [-0.2, 0) is 9.47 Å². The molecule has 3 rings (SSSR count). The summed E-state index contributed by atoms with van der Waals surface area (Å²) in [5, 5.41) is 3.05. The zero-order valence-corrected chi connectivity index (χ0v) is 13.1. The van der Waals surface area contributed by atoms with E-state index >= 15 is 0 Å². The summed E-state index contributed by atoms with van der Waals surface area (Å²) in [6, 6.07) is 1.81. The molecule has 0 aromatic carbocycles. The normalized spacial score (nSPS) is 15.7. The maximum atomic E-state index is 12.6. The Kier molecular flexibility index (Phi) is 4.33. The van der Waals surface area contributed by atoms with E-state index in [0.29, 0.717) is 18.9 Å². The highest BCUT2D eigenvalue weighted by atomic mass is 16.5. The number of fused-ring (bicyclic) bond motifs is 1. The molecule has 124 valence electrons. The Morgan fingerprint density at radius 3 is 2.87 bits per heavy atom. The lowest BCUT2D eigenvalue weighted by atomic mass is 9.97. The Hall–Kier alpha value is -2.35. The second-order valence-electron chi connectivity index (χ2n) is 5.31. The molecule has 2 aromatic heterocycles. The fraction of sp³-hybridized carbons (Fsp3) is 0.533. The predicted octanol–water partition coefficient (Wildman–Crippen LogP) is 1.10. The average molecular weight is 321 g/mol. The number of nitrogens with one attached hydrogen (secondary N) is 1. The molecule has 1 aliphatic heterocycles. The van der Waals surface area contributed by atoms with Gasteiger partial charge in [-0.2, -0.15) is 4.98 Å². The zero-order chi connectivity index (χ0) is 16.4. The summed E-state index contributed by atoms with van der Waals surface area (Å²) < 4.78 is 16.6. The number of carbonyl (C=O) groups is 1. The number of ether oxygens (including phenoxy) is 3. The Bertz CT molecular complexity index is 773. The van der Waals surface area contributed by atoms with Gasteiger partial charge >= 0.3 is 5.97 Å². The van der Waals surface area contributed by atoms with Crippen molar-refractivity contribution in [3.63, 3.8) is 0 Å². The van der Waals surface area contributed by atoms with E-state index in [1.54, 1.807) is 6.92 Å². The predicted molar refractivity (Wildman–Crippen MR) is 81.1 cm³/mol. The number of rotatable bonds is 4. The second-order valence-corrected chi connectivity index (χ2v) is 5.31. The van der Waals surface area contributed by atoms with Crippen LogP contribution in [0.1, 0.15) is 41.7 Å². The van der Waals surface area contributed by atoms with Gasteiger partial charge in [-0.25, -0.2) is 9.31 Å². The molecular weight excluding hydrogens is 302 g/mol. The summed E-state index contributed by atoms with van der Waals surface area (Å²) >= 11 is 0. The van der Waals surface area contributed by atoms with Crippen molar-refractivity contribution in [3.05, 3.63) is 27.7 Å². The first-order valence-corrected chi connectivity index (χ1v) is 7.60. The third-order valence-electron chi connectivity index (χ3n) is 3.94. The number of hydrogen-bond donors (Lipinski definition) is 1. The van der Waals surface area contributed by atoms with Gasteiger partial charge in [0.25, 0.3) is 5.56 Å². The fourth-order valence-corrected chi connectivity index (χ4v) is 2.77. The molecule has 0 aliphatic carbocycles. The van der Waals surface area contributed by atoms with E-state index in [0.717, 1.165) is 18.5 Å². The van der Waals surface area contributed by atoms with E-state index in [1.165, 1.54) is 11.6 Å². The average Bonchev–Trinajstić information content (AvgIpc) is 3.00. The van der Waals surface area contributed by atoms with Gasteiger partial charge in [-0.3, -0.25) is 9.89 Å². The topological polar surface area (TPSA) is 94.9 Å². The number of hydrogen-bond acceptors (Lipinski definition) is 6. The van der Waals surface area contributed by atoms with Crippen LogP contribution < -0.4 is 10.3 Å². The number of esters is 1. The molecular formula is C15H19N3O5. The Morgan fingerprint density at radius 1 is 1.48 bits per heavy atom. The van der Waals surface area contributed by atoms with Crippen LogP contribution in [0.4, 0.5) is 0 Å². The Labute approximate surface area is 132 Å². The maximum Gasteiger partial charge on any atom is 0.349 e. The molecule has 0 bridgehead atoms. The fourth-order valence-electron chi connectivity index (χ4n) is 2.77. The van der Waals surface area contributed by atoms with Crippen molar-refractivity contribution in [3.8, 4) is 5.88 Å². The molecule has 0 saturated carbocycles. The molecule has 0 amide bonds. The minimum absolute atomic E-state index is 0.0222. The Balaban J connectivity index is 2.09. The molecule has 23 heavy (non-hydrogen) atoms. The van der Waals surface area contributed by atoms with E-state index < -0.39 is 11.5 Å². The molecule has 0 atom stereocenters. The van der Waals surface area contributed by atoms with E-state index in [4.69, 9.17) is 14.2 Å². The first kappa shape index (κ1) is 15.5. The van der Waals surface area contributed by atoms with Crippen LogP contribution in [0.15, 0.2) is 10.9 Å². The molecule has 0 radical (unpaired) electrons. The highest BCUT2D eigenvalue weighted by Gasteiger charge is 2.25. The summed E-state index contributed by atoms with van der Waals surface area (Å²) in [5.74, 6) is -0.480. The number of carbonyl (C=O) groups excluding carboxylic acids is 1. The minimum atomic E-state index is -0.738. The van der Waals surface area contributed by atoms with Gasteiger partial charge in [-0.15, -0.1) is 0 Å². The molecule has 0 unspecified atom stereocenters. The molecule has 2 aromatic rings. The Morgan fingerprint density at radius 2 is 2.22 bits per heavy atom. The van der Waals surface area contributed by atoms with E-state index in [9.17, 15) is 9.59 Å². The summed E-state index contributed by atoms with van der Waals surface area (Å²) in [6.07, 6.45) is 1.76. The molecule has 1 saturated heterocycles. The molecule has 3 heterocycles. The van der Waals surface area contributed by atoms with Crippen LogP contribution in [-0.4, -0.2) is 47.5 Å². The molecule has 8 nitrogen and oxygen atoms in total. The number of aromatic amines is 1. The van der Waals surface area contributed by atoms with Crippen molar-refractivity contribution < 1.29 is 19.0 Å². The number of nitrogens with zero attached hydrogens (tertiary/aromatic N) is 2. The van der Waals surface area contributed by atoms with Crippen LogP contribution in [0.5, 0.6) is 5.88 Å². The number of methoxy groups -OCH3 is 1. The largest absolute Gasteiger partial charge is 0.480 e. The van der Waals surface area contributed by atoms with E-state index in [-0.39, 0.29) is 24.0 Å². The highest BCUT2D eigenvalue weighted by Crippen LogP contribution is 2.26. The van der Waals surface area contributed by atoms with Gasteiger partial charge in [0.2, 0.25) is 5.88 Å². The van der Waals surface area contributed by atoms with E-state index in [1.807, 2.05) is 6.07 Å². The first-order valence-electron chi connectivity index (χ1n) is 7.60. The van der Waals surface area contributed by atoms with Gasteiger partial charge in [0.05, 0.1) is 13.7 Å². The van der Waals surface area contributed by atoms with Crippen molar-refractivity contribution in [2.45, 2.75) is 25.7 Å². The van der Waals surface area contributed by atoms with Gasteiger partial charge in [-0.05, 0) is 19.8 Å². The summed E-state index contributed by atoms with van der Waals surface area (Å²) in [5.41, 5.74) is 0.596. The highest BCUT2D eigenvalue weighted by molar-refractivity contribution is 5.91. The van der Waals surface area contributed by atoms with Gasteiger partial charge in [-0.1, -0.05) is 0 Å². The van der Waals surface area contributed by atoms with Crippen molar-refractivity contribution in [2.24, 2.45) is 0 Å². The summed E-state index contributed by atoms with van der Waals surface area (Å²) in [4.78, 5) is 28.9. The van der Waals surface area contributed by atoms with Gasteiger partial charge < -0.3 is 14.2 Å². The smallest absolute Gasteiger partial charge is 0.349 e. The van der Waals surface area contributed by atoms with Gasteiger partial charge in [0.1, 0.15) is 0 Å². The van der Waals surface area contributed by atoms with Gasteiger partial charge in [0.15, 0.2) is 11.2 Å². The third kappa shape index (κ3) is 2.81. The lowest BCUT2D eigenvalue weighted by molar-refractivity contribution is 0.0519. The van der Waals surface area contributed by atoms with Crippen molar-refractivity contribution in [1.82, 2.24) is 14.6 Å².